The van der Waals surface area contributed by atoms with Crippen LogP contribution in [0.4, 0.5) is 11.5 Å². The summed E-state index contributed by atoms with van der Waals surface area (Å²) in [7, 11) is 1.57. The first-order valence-electron chi connectivity index (χ1n) is 8.37. The van der Waals surface area contributed by atoms with Crippen LogP contribution in [0.3, 0.4) is 0 Å². The van der Waals surface area contributed by atoms with E-state index in [-0.39, 0.29) is 5.91 Å². The van der Waals surface area contributed by atoms with E-state index in [1.165, 1.54) is 11.0 Å². The van der Waals surface area contributed by atoms with Crippen molar-refractivity contribution in [1.29, 1.82) is 0 Å². The first-order valence-corrected chi connectivity index (χ1v) is 9.16. The highest BCUT2D eigenvalue weighted by Gasteiger charge is 2.22. The maximum atomic E-state index is 12.6. The lowest BCUT2D eigenvalue weighted by molar-refractivity contribution is -0.113. The highest BCUT2D eigenvalue weighted by atomic mass is 79.9. The maximum absolute atomic E-state index is 12.6. The number of benzene rings is 2. The second-order valence-corrected chi connectivity index (χ2v) is 6.78. The Morgan fingerprint density at radius 2 is 1.89 bits per heavy atom. The lowest BCUT2D eigenvalue weighted by Crippen LogP contribution is -2.25. The Bertz CT molecular complexity index is 970. The smallest absolute Gasteiger partial charge is 0.256 e. The molecule has 136 valence electrons. The quantitative estimate of drug-likeness (QED) is 0.496. The Morgan fingerprint density at radius 3 is 2.48 bits per heavy atom. The van der Waals surface area contributed by atoms with Gasteiger partial charge in [-0.15, -0.1) is 0 Å². The predicted octanol–water partition coefficient (Wildman–Crippen LogP) is 5.68. The minimum Gasteiger partial charge on any atom is -0.495 e. The van der Waals surface area contributed by atoms with E-state index >= 15 is 0 Å². The van der Waals surface area contributed by atoms with Crippen molar-refractivity contribution < 1.29 is 9.53 Å². The number of pyridine rings is 1. The Labute approximate surface area is 167 Å². The number of aromatic nitrogens is 1. The monoisotopic (exact) mass is 422 g/mol. The van der Waals surface area contributed by atoms with Gasteiger partial charge in [0.25, 0.3) is 5.91 Å². The molecule has 0 radical (unpaired) electrons. The van der Waals surface area contributed by atoms with Crippen molar-refractivity contribution in [3.63, 3.8) is 0 Å². The Balaban J connectivity index is 2.08. The van der Waals surface area contributed by atoms with Gasteiger partial charge in [-0.05, 0) is 48.4 Å². The van der Waals surface area contributed by atoms with Gasteiger partial charge in [0.05, 0.1) is 12.8 Å². The number of hydrogen-bond donors (Lipinski definition) is 0. The molecule has 0 bridgehead atoms. The van der Waals surface area contributed by atoms with Crippen LogP contribution in [0.25, 0.3) is 11.1 Å². The summed E-state index contributed by atoms with van der Waals surface area (Å²) in [5.41, 5.74) is 3.64. The zero-order valence-corrected chi connectivity index (χ0v) is 16.7. The van der Waals surface area contributed by atoms with Crippen LogP contribution in [-0.4, -0.2) is 18.0 Å². The number of anilines is 2. The molecule has 1 heterocycles. The third-order valence-corrected chi connectivity index (χ3v) is 5.03. The van der Waals surface area contributed by atoms with E-state index in [0.29, 0.717) is 17.3 Å². The lowest BCUT2D eigenvalue weighted by Gasteiger charge is -2.23. The van der Waals surface area contributed by atoms with Gasteiger partial charge in [-0.3, -0.25) is 9.69 Å². The number of carbonyl (C=O) groups excluding carboxylic acids is 1. The summed E-state index contributed by atoms with van der Waals surface area (Å²) in [4.78, 5) is 18.7. The molecule has 4 nitrogen and oxygen atoms in total. The number of halogens is 1. The number of ether oxygens (including phenoxy) is 1. The zero-order valence-electron chi connectivity index (χ0n) is 15.1. The standard InChI is InChI=1S/C22H19BrN2O2/c1-4-22(26)25(19-12-15(2)18(23)13-20(19)27-3)21-11-10-17(14-24-21)16-8-6-5-7-9-16/h4-14H,1H2,2-3H3. The van der Waals surface area contributed by atoms with Gasteiger partial charge in [-0.1, -0.05) is 52.8 Å². The van der Waals surface area contributed by atoms with Crippen LogP contribution in [0.5, 0.6) is 5.75 Å². The molecule has 3 rings (SSSR count). The molecule has 0 fully saturated rings. The minimum absolute atomic E-state index is 0.282. The fourth-order valence-corrected chi connectivity index (χ4v) is 3.07. The molecule has 0 aliphatic heterocycles. The summed E-state index contributed by atoms with van der Waals surface area (Å²) >= 11 is 3.50. The minimum atomic E-state index is -0.282. The Kier molecular flexibility index (Phi) is 5.72. The van der Waals surface area contributed by atoms with Gasteiger partial charge in [0, 0.05) is 16.2 Å². The van der Waals surface area contributed by atoms with Crippen LogP contribution < -0.4 is 9.64 Å². The molecule has 3 aromatic rings. The molecule has 0 aliphatic rings. The van der Waals surface area contributed by atoms with E-state index in [4.69, 9.17) is 4.74 Å². The van der Waals surface area contributed by atoms with Crippen molar-refractivity contribution in [2.24, 2.45) is 0 Å². The van der Waals surface area contributed by atoms with Gasteiger partial charge >= 0.3 is 0 Å². The average molecular weight is 423 g/mol. The lowest BCUT2D eigenvalue weighted by atomic mass is 10.1. The molecule has 1 amide bonds. The molecule has 0 atom stereocenters. The topological polar surface area (TPSA) is 42.4 Å². The second-order valence-electron chi connectivity index (χ2n) is 5.92. The number of hydrogen-bond acceptors (Lipinski definition) is 3. The first kappa shape index (κ1) is 18.9. The fraction of sp³-hybridized carbons (Fsp3) is 0.0909. The van der Waals surface area contributed by atoms with E-state index in [9.17, 15) is 4.79 Å². The number of carbonyl (C=O) groups is 1. The Hall–Kier alpha value is -2.92. The molecule has 0 saturated heterocycles. The molecule has 0 saturated carbocycles. The molecular weight excluding hydrogens is 404 g/mol. The molecule has 0 aliphatic carbocycles. The van der Waals surface area contributed by atoms with Gasteiger partial charge in [0.1, 0.15) is 11.6 Å². The number of methoxy groups -OCH3 is 1. The van der Waals surface area contributed by atoms with Crippen molar-refractivity contribution in [2.75, 3.05) is 12.0 Å². The van der Waals surface area contributed by atoms with Crippen LogP contribution in [0.15, 0.2) is 77.9 Å². The third-order valence-electron chi connectivity index (χ3n) is 4.18. The van der Waals surface area contributed by atoms with Gasteiger partial charge in [-0.25, -0.2) is 4.98 Å². The number of aryl methyl sites for hydroxylation is 1. The van der Waals surface area contributed by atoms with Crippen LogP contribution in [-0.2, 0) is 4.79 Å². The van der Waals surface area contributed by atoms with Gasteiger partial charge in [-0.2, -0.15) is 0 Å². The third kappa shape index (κ3) is 3.93. The van der Waals surface area contributed by atoms with Crippen LogP contribution >= 0.6 is 15.9 Å². The molecule has 5 heteroatoms. The van der Waals surface area contributed by atoms with Crippen molar-refractivity contribution >= 4 is 33.3 Å². The maximum Gasteiger partial charge on any atom is 0.256 e. The van der Waals surface area contributed by atoms with E-state index in [1.54, 1.807) is 13.3 Å². The molecule has 2 aromatic carbocycles. The summed E-state index contributed by atoms with van der Waals surface area (Å²) in [6.45, 7) is 5.58. The summed E-state index contributed by atoms with van der Waals surface area (Å²) in [5.74, 6) is 0.784. The largest absolute Gasteiger partial charge is 0.495 e. The van der Waals surface area contributed by atoms with E-state index in [0.717, 1.165) is 21.2 Å². The highest BCUT2D eigenvalue weighted by Crippen LogP contribution is 2.37. The van der Waals surface area contributed by atoms with Gasteiger partial charge < -0.3 is 4.74 Å². The second kappa shape index (κ2) is 8.18. The average Bonchev–Trinajstić information content (AvgIpc) is 2.71. The summed E-state index contributed by atoms with van der Waals surface area (Å²) in [5, 5.41) is 0. The van der Waals surface area contributed by atoms with Crippen LogP contribution in [0, 0.1) is 6.92 Å². The molecule has 1 aromatic heterocycles. The molecule has 0 N–H and O–H groups in total. The van der Waals surface area contributed by atoms with Crippen molar-refractivity contribution in [1.82, 2.24) is 4.98 Å². The van der Waals surface area contributed by atoms with Crippen LogP contribution in [0.1, 0.15) is 5.56 Å². The summed E-state index contributed by atoms with van der Waals surface area (Å²) in [6, 6.07) is 17.5. The van der Waals surface area contributed by atoms with E-state index in [2.05, 4.69) is 27.5 Å². The number of nitrogens with zero attached hydrogens (tertiary/aromatic N) is 2. The van der Waals surface area contributed by atoms with Gasteiger partial charge in [0.15, 0.2) is 0 Å². The van der Waals surface area contributed by atoms with E-state index in [1.807, 2.05) is 61.5 Å². The molecule has 0 unspecified atom stereocenters. The van der Waals surface area contributed by atoms with Gasteiger partial charge in [0.2, 0.25) is 0 Å². The van der Waals surface area contributed by atoms with Crippen molar-refractivity contribution in [3.05, 3.63) is 83.5 Å². The van der Waals surface area contributed by atoms with Crippen molar-refractivity contribution in [3.8, 4) is 16.9 Å². The first-order chi connectivity index (χ1) is 13.0. The molecule has 0 spiro atoms. The number of amides is 1. The highest BCUT2D eigenvalue weighted by molar-refractivity contribution is 9.10. The normalized spacial score (nSPS) is 10.3. The molecule has 27 heavy (non-hydrogen) atoms. The Morgan fingerprint density at radius 1 is 1.15 bits per heavy atom. The summed E-state index contributed by atoms with van der Waals surface area (Å²) < 4.78 is 6.39. The SMILES string of the molecule is C=CC(=O)N(c1ccc(-c2ccccc2)cn1)c1cc(C)c(Br)cc1OC. The number of rotatable bonds is 5. The molecular formula is C22H19BrN2O2. The zero-order chi connectivity index (χ0) is 19.4. The van der Waals surface area contributed by atoms with Crippen molar-refractivity contribution in [2.45, 2.75) is 6.92 Å². The predicted molar refractivity (Wildman–Crippen MR) is 112 cm³/mol. The van der Waals surface area contributed by atoms with E-state index < -0.39 is 0 Å². The fourth-order valence-electron chi connectivity index (χ4n) is 2.75. The summed E-state index contributed by atoms with van der Waals surface area (Å²) in [6.07, 6.45) is 3.02. The van der Waals surface area contributed by atoms with Crippen LogP contribution in [0.2, 0.25) is 0 Å².